The lowest BCUT2D eigenvalue weighted by Gasteiger charge is -2.12. The Morgan fingerprint density at radius 1 is 1.27 bits per heavy atom. The summed E-state index contributed by atoms with van der Waals surface area (Å²) in [6, 6.07) is 8.73. The molecular formula is C16H22O6. The third kappa shape index (κ3) is 6.24. The van der Waals surface area contributed by atoms with E-state index in [0.29, 0.717) is 25.2 Å². The van der Waals surface area contributed by atoms with Gasteiger partial charge in [0.2, 0.25) is 0 Å². The van der Waals surface area contributed by atoms with Gasteiger partial charge in [0.05, 0.1) is 18.6 Å². The number of ether oxygens (including phenoxy) is 2. The standard InChI is InChI=1S/C11H14O3.C5H8O3/c1-8(2)14-11(13)10(12)9-6-4-3-5-7-9;6-5(7)4-1-2-8-3-4/h3-8,10,12H,1-2H3;4H,1-3H2,(H,6,7). The number of hydrogen-bond acceptors (Lipinski definition) is 5. The van der Waals surface area contributed by atoms with E-state index in [1.165, 1.54) is 0 Å². The first-order valence-corrected chi connectivity index (χ1v) is 7.16. The molecule has 2 N–H and O–H groups in total. The molecule has 1 saturated heterocycles. The van der Waals surface area contributed by atoms with E-state index in [2.05, 4.69) is 0 Å². The zero-order valence-electron chi connectivity index (χ0n) is 12.8. The molecule has 1 heterocycles. The molecule has 1 aromatic rings. The maximum atomic E-state index is 11.3. The third-order valence-corrected chi connectivity index (χ3v) is 2.97. The molecule has 0 aromatic heterocycles. The zero-order chi connectivity index (χ0) is 16.5. The van der Waals surface area contributed by atoms with E-state index in [4.69, 9.17) is 14.6 Å². The second-order valence-corrected chi connectivity index (χ2v) is 5.20. The summed E-state index contributed by atoms with van der Waals surface area (Å²) < 4.78 is 9.72. The summed E-state index contributed by atoms with van der Waals surface area (Å²) in [6.07, 6.45) is -0.713. The number of hydrogen-bond donors (Lipinski definition) is 2. The monoisotopic (exact) mass is 310 g/mol. The number of rotatable bonds is 4. The molecule has 0 spiro atoms. The minimum Gasteiger partial charge on any atom is -0.481 e. The fourth-order valence-electron chi connectivity index (χ4n) is 1.80. The second kappa shape index (κ2) is 9.17. The lowest BCUT2D eigenvalue weighted by molar-refractivity contribution is -0.157. The van der Waals surface area contributed by atoms with Gasteiger partial charge in [-0.3, -0.25) is 4.79 Å². The predicted octanol–water partition coefficient (Wildman–Crippen LogP) is 1.78. The number of aliphatic carboxylic acids is 1. The minimum atomic E-state index is -1.18. The van der Waals surface area contributed by atoms with E-state index in [-0.39, 0.29) is 12.0 Å². The van der Waals surface area contributed by atoms with Crippen molar-refractivity contribution in [2.45, 2.75) is 32.5 Å². The average molecular weight is 310 g/mol. The van der Waals surface area contributed by atoms with Gasteiger partial charge in [-0.2, -0.15) is 0 Å². The Morgan fingerprint density at radius 2 is 1.91 bits per heavy atom. The summed E-state index contributed by atoms with van der Waals surface area (Å²) in [4.78, 5) is 21.4. The summed E-state index contributed by atoms with van der Waals surface area (Å²) in [5.74, 6) is -1.58. The number of carboxylic acids is 1. The van der Waals surface area contributed by atoms with Crippen molar-refractivity contribution in [1.29, 1.82) is 0 Å². The highest BCUT2D eigenvalue weighted by Gasteiger charge is 2.22. The molecule has 0 amide bonds. The molecule has 1 aliphatic rings. The van der Waals surface area contributed by atoms with E-state index in [1.54, 1.807) is 38.1 Å². The van der Waals surface area contributed by atoms with Crippen LogP contribution >= 0.6 is 0 Å². The number of esters is 1. The van der Waals surface area contributed by atoms with Crippen molar-refractivity contribution in [1.82, 2.24) is 0 Å². The highest BCUT2D eigenvalue weighted by atomic mass is 16.6. The molecule has 1 aromatic carbocycles. The van der Waals surface area contributed by atoms with Crippen LogP contribution in [-0.2, 0) is 19.1 Å². The largest absolute Gasteiger partial charge is 0.481 e. The highest BCUT2D eigenvalue weighted by Crippen LogP contribution is 2.14. The molecule has 0 radical (unpaired) electrons. The van der Waals surface area contributed by atoms with Crippen LogP contribution in [0.15, 0.2) is 30.3 Å². The van der Waals surface area contributed by atoms with Crippen LogP contribution in [0, 0.1) is 5.92 Å². The summed E-state index contributed by atoms with van der Waals surface area (Å²) in [5, 5.41) is 17.9. The van der Waals surface area contributed by atoms with Crippen molar-refractivity contribution in [2.75, 3.05) is 13.2 Å². The molecule has 6 nitrogen and oxygen atoms in total. The summed E-state index contributed by atoms with van der Waals surface area (Å²) in [6.45, 7) is 4.50. The molecule has 1 aliphatic heterocycles. The van der Waals surface area contributed by atoms with E-state index in [1.807, 2.05) is 6.07 Å². The lowest BCUT2D eigenvalue weighted by Crippen LogP contribution is -2.19. The topological polar surface area (TPSA) is 93.1 Å². The van der Waals surface area contributed by atoms with Gasteiger partial charge in [0.15, 0.2) is 6.10 Å². The molecule has 0 aliphatic carbocycles. The first-order chi connectivity index (χ1) is 10.4. The van der Waals surface area contributed by atoms with E-state index in [0.717, 1.165) is 0 Å². The van der Waals surface area contributed by atoms with Crippen molar-refractivity contribution >= 4 is 11.9 Å². The maximum absolute atomic E-state index is 11.3. The van der Waals surface area contributed by atoms with Gasteiger partial charge >= 0.3 is 11.9 Å². The van der Waals surface area contributed by atoms with Crippen LogP contribution in [0.25, 0.3) is 0 Å². The van der Waals surface area contributed by atoms with Gasteiger partial charge in [0.25, 0.3) is 0 Å². The van der Waals surface area contributed by atoms with Gasteiger partial charge in [0, 0.05) is 6.61 Å². The van der Waals surface area contributed by atoms with Crippen LogP contribution in [0.3, 0.4) is 0 Å². The Hall–Kier alpha value is -1.92. The molecule has 2 atom stereocenters. The molecular weight excluding hydrogens is 288 g/mol. The average Bonchev–Trinajstić information content (AvgIpc) is 3.02. The zero-order valence-corrected chi connectivity index (χ0v) is 12.8. The fourth-order valence-corrected chi connectivity index (χ4v) is 1.80. The van der Waals surface area contributed by atoms with Crippen LogP contribution in [0.1, 0.15) is 31.9 Å². The summed E-state index contributed by atoms with van der Waals surface area (Å²) in [5.41, 5.74) is 0.554. The molecule has 1 fully saturated rings. The molecule has 6 heteroatoms. The molecule has 2 rings (SSSR count). The van der Waals surface area contributed by atoms with Crippen LogP contribution in [0.2, 0.25) is 0 Å². The van der Waals surface area contributed by atoms with Crippen LogP contribution in [-0.4, -0.2) is 41.5 Å². The van der Waals surface area contributed by atoms with Crippen LogP contribution in [0.5, 0.6) is 0 Å². The molecule has 0 bridgehead atoms. The van der Waals surface area contributed by atoms with Gasteiger partial charge in [-0.05, 0) is 25.8 Å². The van der Waals surface area contributed by atoms with Crippen molar-refractivity contribution in [3.05, 3.63) is 35.9 Å². The number of carbonyl (C=O) groups is 2. The Morgan fingerprint density at radius 3 is 2.32 bits per heavy atom. The SMILES string of the molecule is CC(C)OC(=O)C(O)c1ccccc1.O=C(O)C1CCOC1. The van der Waals surface area contributed by atoms with Gasteiger partial charge in [-0.1, -0.05) is 30.3 Å². The van der Waals surface area contributed by atoms with Crippen molar-refractivity contribution in [3.8, 4) is 0 Å². The van der Waals surface area contributed by atoms with E-state index >= 15 is 0 Å². The van der Waals surface area contributed by atoms with Gasteiger partial charge in [0.1, 0.15) is 0 Å². The molecule has 2 unspecified atom stereocenters. The van der Waals surface area contributed by atoms with Crippen LogP contribution in [0.4, 0.5) is 0 Å². The molecule has 0 saturated carbocycles. The maximum Gasteiger partial charge on any atom is 0.339 e. The highest BCUT2D eigenvalue weighted by molar-refractivity contribution is 5.76. The Balaban J connectivity index is 0.000000255. The summed E-state index contributed by atoms with van der Waals surface area (Å²) in [7, 11) is 0. The van der Waals surface area contributed by atoms with Gasteiger partial charge in [-0.25, -0.2) is 4.79 Å². The Kier molecular flexibility index (Phi) is 7.56. The van der Waals surface area contributed by atoms with E-state index < -0.39 is 18.0 Å². The Bertz CT molecular complexity index is 465. The van der Waals surface area contributed by atoms with Crippen molar-refractivity contribution in [3.63, 3.8) is 0 Å². The normalized spacial score (nSPS) is 18.3. The number of carbonyl (C=O) groups excluding carboxylic acids is 1. The van der Waals surface area contributed by atoms with E-state index in [9.17, 15) is 14.7 Å². The smallest absolute Gasteiger partial charge is 0.339 e. The first-order valence-electron chi connectivity index (χ1n) is 7.16. The first kappa shape index (κ1) is 18.1. The lowest BCUT2D eigenvalue weighted by atomic mass is 10.1. The van der Waals surface area contributed by atoms with Gasteiger partial charge < -0.3 is 19.7 Å². The van der Waals surface area contributed by atoms with Gasteiger partial charge in [-0.15, -0.1) is 0 Å². The summed E-state index contributed by atoms with van der Waals surface area (Å²) >= 11 is 0. The number of aliphatic hydroxyl groups excluding tert-OH is 1. The number of aliphatic hydroxyl groups is 1. The number of carboxylic acid groups (broad SMARTS) is 1. The van der Waals surface area contributed by atoms with Crippen molar-refractivity contribution < 1.29 is 29.3 Å². The minimum absolute atomic E-state index is 0.208. The second-order valence-electron chi connectivity index (χ2n) is 5.20. The fraction of sp³-hybridized carbons (Fsp3) is 0.500. The number of benzene rings is 1. The predicted molar refractivity (Wildman–Crippen MR) is 79.2 cm³/mol. The van der Waals surface area contributed by atoms with Crippen LogP contribution < -0.4 is 0 Å². The quantitative estimate of drug-likeness (QED) is 0.823. The molecule has 22 heavy (non-hydrogen) atoms. The Labute approximate surface area is 129 Å². The third-order valence-electron chi connectivity index (χ3n) is 2.97. The van der Waals surface area contributed by atoms with Crippen molar-refractivity contribution in [2.24, 2.45) is 5.92 Å². The molecule has 122 valence electrons.